The molecule has 164 valence electrons. The summed E-state index contributed by atoms with van der Waals surface area (Å²) in [4.78, 5) is 35.8. The average Bonchev–Trinajstić information content (AvgIpc) is 2.77. The highest BCUT2D eigenvalue weighted by Crippen LogP contribution is 2.17. The first-order valence-corrected chi connectivity index (χ1v) is 10.7. The summed E-state index contributed by atoms with van der Waals surface area (Å²) >= 11 is 0. The quantitative estimate of drug-likeness (QED) is 0.755. The van der Waals surface area contributed by atoms with E-state index < -0.39 is 6.04 Å². The summed E-state index contributed by atoms with van der Waals surface area (Å²) in [6.07, 6.45) is 3.77. The molecule has 0 bridgehead atoms. The zero-order chi connectivity index (χ0) is 21.6. The van der Waals surface area contributed by atoms with Crippen LogP contribution in [0.2, 0.25) is 0 Å². The van der Waals surface area contributed by atoms with Gasteiger partial charge in [-0.1, -0.05) is 18.2 Å². The van der Waals surface area contributed by atoms with Gasteiger partial charge >= 0.3 is 0 Å². The highest BCUT2D eigenvalue weighted by molar-refractivity contribution is 5.88. The number of piperazine rings is 2. The van der Waals surface area contributed by atoms with Crippen LogP contribution in [0, 0.1) is 5.82 Å². The molecule has 1 atom stereocenters. The number of pyridine rings is 1. The number of benzene rings is 1. The summed E-state index contributed by atoms with van der Waals surface area (Å²) in [5.41, 5.74) is 1.96. The van der Waals surface area contributed by atoms with Crippen molar-refractivity contribution in [1.82, 2.24) is 25.0 Å². The first-order chi connectivity index (χ1) is 15.1. The van der Waals surface area contributed by atoms with Gasteiger partial charge in [-0.2, -0.15) is 0 Å². The Balaban J connectivity index is 1.32. The van der Waals surface area contributed by atoms with E-state index in [4.69, 9.17) is 0 Å². The van der Waals surface area contributed by atoms with Gasteiger partial charge in [0.25, 0.3) is 0 Å². The first kappa shape index (κ1) is 21.4. The molecule has 2 fully saturated rings. The lowest BCUT2D eigenvalue weighted by Crippen LogP contribution is -2.57. The van der Waals surface area contributed by atoms with Crippen LogP contribution in [0.25, 0.3) is 0 Å². The summed E-state index contributed by atoms with van der Waals surface area (Å²) in [6, 6.07) is 9.85. The van der Waals surface area contributed by atoms with E-state index in [2.05, 4.69) is 21.3 Å². The smallest absolute Gasteiger partial charge is 0.237 e. The first-order valence-electron chi connectivity index (χ1n) is 10.7. The third kappa shape index (κ3) is 5.65. The van der Waals surface area contributed by atoms with Crippen molar-refractivity contribution in [3.63, 3.8) is 0 Å². The van der Waals surface area contributed by atoms with Crippen LogP contribution in [0.15, 0.2) is 48.8 Å². The number of nitrogens with one attached hydrogen (secondary N) is 1. The summed E-state index contributed by atoms with van der Waals surface area (Å²) < 4.78 is 13.6. The molecular formula is C23H28FN5O2. The highest BCUT2D eigenvalue weighted by Gasteiger charge is 2.33. The summed E-state index contributed by atoms with van der Waals surface area (Å²) in [5, 5.41) is 2.86. The highest BCUT2D eigenvalue weighted by atomic mass is 19.1. The molecule has 0 saturated carbocycles. The zero-order valence-corrected chi connectivity index (χ0v) is 17.5. The second kappa shape index (κ2) is 9.98. The number of carbonyl (C=O) groups is 2. The number of hydrogen-bond acceptors (Lipinski definition) is 5. The van der Waals surface area contributed by atoms with Gasteiger partial charge in [-0.05, 0) is 29.3 Å². The van der Waals surface area contributed by atoms with Gasteiger partial charge in [0.2, 0.25) is 11.8 Å². The van der Waals surface area contributed by atoms with Gasteiger partial charge in [-0.15, -0.1) is 0 Å². The van der Waals surface area contributed by atoms with E-state index in [0.717, 1.165) is 30.8 Å². The van der Waals surface area contributed by atoms with Crippen molar-refractivity contribution in [2.75, 3.05) is 39.3 Å². The summed E-state index contributed by atoms with van der Waals surface area (Å²) in [5.74, 6) is -0.436. The van der Waals surface area contributed by atoms with E-state index >= 15 is 0 Å². The zero-order valence-electron chi connectivity index (χ0n) is 17.5. The molecule has 1 unspecified atom stereocenters. The van der Waals surface area contributed by atoms with Crippen molar-refractivity contribution >= 4 is 11.8 Å². The van der Waals surface area contributed by atoms with Crippen molar-refractivity contribution in [2.45, 2.75) is 25.6 Å². The minimum Gasteiger partial charge on any atom is -0.353 e. The lowest BCUT2D eigenvalue weighted by atomic mass is 10.1. The van der Waals surface area contributed by atoms with Gasteiger partial charge in [0.15, 0.2) is 0 Å². The molecule has 2 aliphatic heterocycles. The van der Waals surface area contributed by atoms with Crippen molar-refractivity contribution in [2.24, 2.45) is 0 Å². The van der Waals surface area contributed by atoms with E-state index in [-0.39, 0.29) is 24.1 Å². The second-order valence-corrected chi connectivity index (χ2v) is 8.13. The predicted octanol–water partition coefficient (Wildman–Crippen LogP) is 1.26. The molecule has 2 aromatic rings. The SMILES string of the molecule is O=C1NCCN(Cc2cccc(F)c2)C1CC(=O)N1CCN(Cc2cccnc2)CC1. The Bertz CT molecular complexity index is 902. The molecule has 1 aromatic carbocycles. The molecule has 0 radical (unpaired) electrons. The van der Waals surface area contributed by atoms with E-state index in [1.165, 1.54) is 12.1 Å². The van der Waals surface area contributed by atoms with Crippen LogP contribution in [0.1, 0.15) is 17.5 Å². The molecule has 2 amide bonds. The van der Waals surface area contributed by atoms with Gasteiger partial charge in [0.05, 0.1) is 12.5 Å². The van der Waals surface area contributed by atoms with E-state index in [1.54, 1.807) is 12.3 Å². The van der Waals surface area contributed by atoms with Crippen LogP contribution in [-0.2, 0) is 22.7 Å². The maximum Gasteiger partial charge on any atom is 0.237 e. The van der Waals surface area contributed by atoms with Crippen molar-refractivity contribution < 1.29 is 14.0 Å². The Kier molecular flexibility index (Phi) is 6.89. The Morgan fingerprint density at radius 3 is 2.61 bits per heavy atom. The topological polar surface area (TPSA) is 68.8 Å². The van der Waals surface area contributed by atoms with E-state index in [9.17, 15) is 14.0 Å². The van der Waals surface area contributed by atoms with Gasteiger partial charge in [-0.3, -0.25) is 24.4 Å². The van der Waals surface area contributed by atoms with Crippen molar-refractivity contribution in [3.05, 3.63) is 65.7 Å². The van der Waals surface area contributed by atoms with Gasteiger partial charge in [-0.25, -0.2) is 4.39 Å². The molecule has 3 heterocycles. The molecule has 8 heteroatoms. The van der Waals surface area contributed by atoms with Crippen LogP contribution < -0.4 is 5.32 Å². The fourth-order valence-electron chi connectivity index (χ4n) is 4.24. The fraction of sp³-hybridized carbons (Fsp3) is 0.435. The third-order valence-electron chi connectivity index (χ3n) is 5.94. The molecule has 2 saturated heterocycles. The minimum absolute atomic E-state index is 0.00711. The Morgan fingerprint density at radius 2 is 1.87 bits per heavy atom. The molecule has 7 nitrogen and oxygen atoms in total. The third-order valence-corrected chi connectivity index (χ3v) is 5.94. The average molecular weight is 426 g/mol. The normalized spacial score (nSPS) is 20.5. The van der Waals surface area contributed by atoms with Crippen LogP contribution in [0.5, 0.6) is 0 Å². The minimum atomic E-state index is -0.530. The lowest BCUT2D eigenvalue weighted by Gasteiger charge is -2.38. The number of amides is 2. The Labute approximate surface area is 181 Å². The van der Waals surface area contributed by atoms with Crippen LogP contribution in [0.3, 0.4) is 0 Å². The largest absolute Gasteiger partial charge is 0.353 e. The summed E-state index contributed by atoms with van der Waals surface area (Å²) in [6.45, 7) is 5.33. The Morgan fingerprint density at radius 1 is 1.06 bits per heavy atom. The summed E-state index contributed by atoms with van der Waals surface area (Å²) in [7, 11) is 0. The van der Waals surface area contributed by atoms with Crippen molar-refractivity contribution in [1.29, 1.82) is 0 Å². The maximum absolute atomic E-state index is 13.6. The van der Waals surface area contributed by atoms with E-state index in [1.807, 2.05) is 28.1 Å². The van der Waals surface area contributed by atoms with Gasteiger partial charge in [0.1, 0.15) is 5.82 Å². The molecule has 31 heavy (non-hydrogen) atoms. The van der Waals surface area contributed by atoms with Crippen molar-refractivity contribution in [3.8, 4) is 0 Å². The molecule has 2 aliphatic rings. The van der Waals surface area contributed by atoms with Gasteiger partial charge < -0.3 is 10.2 Å². The molecule has 0 spiro atoms. The van der Waals surface area contributed by atoms with Crippen LogP contribution >= 0.6 is 0 Å². The monoisotopic (exact) mass is 425 g/mol. The van der Waals surface area contributed by atoms with Gasteiger partial charge in [0, 0.05) is 64.8 Å². The lowest BCUT2D eigenvalue weighted by molar-refractivity contribution is -0.140. The molecular weight excluding hydrogens is 397 g/mol. The fourth-order valence-corrected chi connectivity index (χ4v) is 4.24. The number of hydrogen-bond donors (Lipinski definition) is 1. The number of nitrogens with zero attached hydrogens (tertiary/aromatic N) is 4. The number of halogens is 1. The predicted molar refractivity (Wildman–Crippen MR) is 114 cm³/mol. The Hall–Kier alpha value is -2.84. The molecule has 0 aliphatic carbocycles. The van der Waals surface area contributed by atoms with E-state index in [0.29, 0.717) is 32.7 Å². The number of aromatic nitrogens is 1. The standard InChI is InChI=1S/C23H28FN5O2/c24-20-5-1-3-18(13-20)17-29-8-7-26-23(31)21(29)14-22(30)28-11-9-27(10-12-28)16-19-4-2-6-25-15-19/h1-6,13,15,21H,7-12,14,16-17H2,(H,26,31). The van der Waals surface area contributed by atoms with Crippen LogP contribution in [-0.4, -0.2) is 76.8 Å². The molecule has 1 N–H and O–H groups in total. The molecule has 1 aromatic heterocycles. The molecule has 4 rings (SSSR count). The number of rotatable bonds is 6. The maximum atomic E-state index is 13.6. The second-order valence-electron chi connectivity index (χ2n) is 8.13. The number of carbonyl (C=O) groups excluding carboxylic acids is 2. The van der Waals surface area contributed by atoms with Crippen LogP contribution in [0.4, 0.5) is 4.39 Å².